The van der Waals surface area contributed by atoms with Crippen LogP contribution in [0.3, 0.4) is 0 Å². The zero-order valence-corrected chi connectivity index (χ0v) is 8.67. The van der Waals surface area contributed by atoms with Crippen molar-refractivity contribution < 1.29 is 4.79 Å². The van der Waals surface area contributed by atoms with Gasteiger partial charge < -0.3 is 0 Å². The topological polar surface area (TPSA) is 17.1 Å². The zero-order chi connectivity index (χ0) is 9.97. The molecular formula is C12H10OS. The van der Waals surface area contributed by atoms with Crippen molar-refractivity contribution in [2.45, 2.75) is 6.92 Å². The number of hydrogen-bond acceptors (Lipinski definition) is 2. The van der Waals surface area contributed by atoms with Crippen molar-refractivity contribution >= 4 is 17.6 Å². The lowest BCUT2D eigenvalue weighted by molar-refractivity contribution is 0.112. The predicted octanol–water partition coefficient (Wildman–Crippen LogP) is 3.54. The van der Waals surface area contributed by atoms with Crippen LogP contribution in [0, 0.1) is 6.92 Å². The first-order chi connectivity index (χ1) is 6.79. The van der Waals surface area contributed by atoms with Gasteiger partial charge in [0.2, 0.25) is 0 Å². The maximum absolute atomic E-state index is 10.5. The van der Waals surface area contributed by atoms with Crippen molar-refractivity contribution in [2.75, 3.05) is 0 Å². The molecule has 1 heterocycles. The zero-order valence-electron chi connectivity index (χ0n) is 7.86. The molecule has 2 heteroatoms. The predicted molar refractivity (Wildman–Crippen MR) is 59.9 cm³/mol. The molecule has 0 radical (unpaired) electrons. The SMILES string of the molecule is Cc1cccc(-c2csc(C=O)c2)c1. The van der Waals surface area contributed by atoms with E-state index < -0.39 is 0 Å². The molecule has 2 rings (SSSR count). The highest BCUT2D eigenvalue weighted by atomic mass is 32.1. The molecule has 1 aromatic heterocycles. The summed E-state index contributed by atoms with van der Waals surface area (Å²) in [6.45, 7) is 2.07. The normalized spacial score (nSPS) is 10.1. The molecule has 0 saturated heterocycles. The van der Waals surface area contributed by atoms with Crippen molar-refractivity contribution in [3.05, 3.63) is 46.2 Å². The fourth-order valence-electron chi connectivity index (χ4n) is 1.39. The number of aryl methyl sites for hydroxylation is 1. The average Bonchev–Trinajstić information content (AvgIpc) is 2.66. The van der Waals surface area contributed by atoms with Gasteiger partial charge in [0.25, 0.3) is 0 Å². The van der Waals surface area contributed by atoms with E-state index in [4.69, 9.17) is 0 Å². The summed E-state index contributed by atoms with van der Waals surface area (Å²) in [7, 11) is 0. The highest BCUT2D eigenvalue weighted by molar-refractivity contribution is 7.12. The second kappa shape index (κ2) is 3.76. The quantitative estimate of drug-likeness (QED) is 0.681. The van der Waals surface area contributed by atoms with E-state index in [1.54, 1.807) is 0 Å². The molecule has 0 spiro atoms. The molecule has 14 heavy (non-hydrogen) atoms. The van der Waals surface area contributed by atoms with Gasteiger partial charge in [-0.1, -0.05) is 29.8 Å². The van der Waals surface area contributed by atoms with E-state index >= 15 is 0 Å². The Kier molecular flexibility index (Phi) is 2.46. The van der Waals surface area contributed by atoms with Crippen LogP contribution in [0.1, 0.15) is 15.2 Å². The molecule has 0 saturated carbocycles. The molecule has 0 amide bonds. The second-order valence-electron chi connectivity index (χ2n) is 3.23. The Hall–Kier alpha value is -1.41. The summed E-state index contributed by atoms with van der Waals surface area (Å²) in [4.78, 5) is 11.3. The lowest BCUT2D eigenvalue weighted by Gasteiger charge is -1.98. The maximum atomic E-state index is 10.5. The highest BCUT2D eigenvalue weighted by Crippen LogP contribution is 2.25. The summed E-state index contributed by atoms with van der Waals surface area (Å²) in [5.74, 6) is 0. The van der Waals surface area contributed by atoms with Gasteiger partial charge >= 0.3 is 0 Å². The number of thiophene rings is 1. The van der Waals surface area contributed by atoms with E-state index in [-0.39, 0.29) is 0 Å². The van der Waals surface area contributed by atoms with Crippen molar-refractivity contribution in [3.63, 3.8) is 0 Å². The summed E-state index contributed by atoms with van der Waals surface area (Å²) >= 11 is 1.48. The number of carbonyl (C=O) groups is 1. The van der Waals surface area contributed by atoms with Gasteiger partial charge in [0.15, 0.2) is 6.29 Å². The molecule has 0 unspecified atom stereocenters. The third kappa shape index (κ3) is 1.75. The first-order valence-corrected chi connectivity index (χ1v) is 5.28. The van der Waals surface area contributed by atoms with Crippen LogP contribution in [-0.2, 0) is 0 Å². The number of benzene rings is 1. The lowest BCUT2D eigenvalue weighted by Crippen LogP contribution is -1.75. The van der Waals surface area contributed by atoms with Crippen LogP contribution in [0.2, 0.25) is 0 Å². The number of rotatable bonds is 2. The number of hydrogen-bond donors (Lipinski definition) is 0. The Morgan fingerprint density at radius 1 is 1.21 bits per heavy atom. The summed E-state index contributed by atoms with van der Waals surface area (Å²) in [6, 6.07) is 10.2. The van der Waals surface area contributed by atoms with Gasteiger partial charge in [-0.05, 0) is 29.5 Å². The van der Waals surface area contributed by atoms with Crippen molar-refractivity contribution in [1.29, 1.82) is 0 Å². The smallest absolute Gasteiger partial charge is 0.160 e. The van der Waals surface area contributed by atoms with Crippen LogP contribution in [-0.4, -0.2) is 6.29 Å². The maximum Gasteiger partial charge on any atom is 0.160 e. The first kappa shape index (κ1) is 9.16. The summed E-state index contributed by atoms with van der Waals surface area (Å²) in [5.41, 5.74) is 3.54. The van der Waals surface area contributed by atoms with Crippen LogP contribution in [0.25, 0.3) is 11.1 Å². The molecular weight excluding hydrogens is 192 g/mol. The van der Waals surface area contributed by atoms with Gasteiger partial charge in [0, 0.05) is 0 Å². The Balaban J connectivity index is 2.43. The lowest BCUT2D eigenvalue weighted by atomic mass is 10.1. The van der Waals surface area contributed by atoms with E-state index in [1.807, 2.05) is 17.5 Å². The Morgan fingerprint density at radius 2 is 2.07 bits per heavy atom. The van der Waals surface area contributed by atoms with Crippen LogP contribution >= 0.6 is 11.3 Å². The van der Waals surface area contributed by atoms with Gasteiger partial charge in [-0.2, -0.15) is 0 Å². The molecule has 70 valence electrons. The number of aldehydes is 1. The monoisotopic (exact) mass is 202 g/mol. The highest BCUT2D eigenvalue weighted by Gasteiger charge is 2.01. The Labute approximate surface area is 87.0 Å². The largest absolute Gasteiger partial charge is 0.297 e. The molecule has 0 fully saturated rings. The van der Waals surface area contributed by atoms with Crippen LogP contribution in [0.15, 0.2) is 35.7 Å². The van der Waals surface area contributed by atoms with Crippen molar-refractivity contribution in [1.82, 2.24) is 0 Å². The molecule has 0 bridgehead atoms. The molecule has 1 nitrogen and oxygen atoms in total. The summed E-state index contributed by atoms with van der Waals surface area (Å²) < 4.78 is 0. The van der Waals surface area contributed by atoms with E-state index in [0.29, 0.717) is 0 Å². The van der Waals surface area contributed by atoms with Gasteiger partial charge in [0.05, 0.1) is 4.88 Å². The Bertz CT molecular complexity index is 457. The summed E-state index contributed by atoms with van der Waals surface area (Å²) in [5, 5.41) is 2.01. The fraction of sp³-hybridized carbons (Fsp3) is 0.0833. The summed E-state index contributed by atoms with van der Waals surface area (Å²) in [6.07, 6.45) is 0.893. The first-order valence-electron chi connectivity index (χ1n) is 4.40. The van der Waals surface area contributed by atoms with Crippen molar-refractivity contribution in [2.24, 2.45) is 0 Å². The molecule has 0 aliphatic carbocycles. The number of carbonyl (C=O) groups excluding carboxylic acids is 1. The molecule has 0 aliphatic rings. The standard InChI is InChI=1S/C12H10OS/c1-9-3-2-4-10(5-9)11-6-12(7-13)14-8-11/h2-8H,1H3. The molecule has 0 N–H and O–H groups in total. The minimum atomic E-state index is 0.779. The van der Waals surface area contributed by atoms with E-state index in [0.717, 1.165) is 16.7 Å². The van der Waals surface area contributed by atoms with Crippen LogP contribution in [0.5, 0.6) is 0 Å². The molecule has 0 atom stereocenters. The third-order valence-corrected chi connectivity index (χ3v) is 2.95. The average molecular weight is 202 g/mol. The van der Waals surface area contributed by atoms with E-state index in [1.165, 1.54) is 22.5 Å². The third-order valence-electron chi connectivity index (χ3n) is 2.09. The fourth-order valence-corrected chi connectivity index (χ4v) is 2.11. The van der Waals surface area contributed by atoms with Crippen LogP contribution < -0.4 is 0 Å². The van der Waals surface area contributed by atoms with Crippen molar-refractivity contribution in [3.8, 4) is 11.1 Å². The minimum Gasteiger partial charge on any atom is -0.297 e. The van der Waals surface area contributed by atoms with Gasteiger partial charge in [-0.25, -0.2) is 0 Å². The minimum absolute atomic E-state index is 0.779. The molecule has 1 aromatic carbocycles. The molecule has 2 aromatic rings. The van der Waals surface area contributed by atoms with Crippen LogP contribution in [0.4, 0.5) is 0 Å². The van der Waals surface area contributed by atoms with Gasteiger partial charge in [0.1, 0.15) is 0 Å². The van der Waals surface area contributed by atoms with Gasteiger partial charge in [-0.15, -0.1) is 11.3 Å². The second-order valence-corrected chi connectivity index (χ2v) is 4.17. The van der Waals surface area contributed by atoms with E-state index in [9.17, 15) is 4.79 Å². The molecule has 0 aliphatic heterocycles. The Morgan fingerprint density at radius 3 is 2.71 bits per heavy atom. The van der Waals surface area contributed by atoms with E-state index in [2.05, 4.69) is 25.1 Å². The van der Waals surface area contributed by atoms with Gasteiger partial charge in [-0.3, -0.25) is 4.79 Å².